The first-order chi connectivity index (χ1) is 9.72. The maximum Gasteiger partial charge on any atom is 0.162 e. The third-order valence-corrected chi connectivity index (χ3v) is 4.09. The molecule has 0 radical (unpaired) electrons. The Morgan fingerprint density at radius 1 is 1.35 bits per heavy atom. The molecular formula is C17H20N2O. The highest BCUT2D eigenvalue weighted by molar-refractivity contribution is 5.99. The molecule has 0 aliphatic carbocycles. The Morgan fingerprint density at radius 2 is 2.25 bits per heavy atom. The van der Waals surface area contributed by atoms with Gasteiger partial charge in [-0.05, 0) is 63.0 Å². The van der Waals surface area contributed by atoms with Crippen LogP contribution >= 0.6 is 0 Å². The molecule has 0 spiro atoms. The monoisotopic (exact) mass is 268 g/mol. The predicted molar refractivity (Wildman–Crippen MR) is 81.0 cm³/mol. The maximum atomic E-state index is 12.3. The van der Waals surface area contributed by atoms with Gasteiger partial charge in [-0.1, -0.05) is 6.07 Å². The molecule has 0 saturated carbocycles. The van der Waals surface area contributed by atoms with Gasteiger partial charge in [0.15, 0.2) is 5.78 Å². The van der Waals surface area contributed by atoms with E-state index in [2.05, 4.69) is 10.3 Å². The zero-order valence-corrected chi connectivity index (χ0v) is 11.9. The smallest absolute Gasteiger partial charge is 0.162 e. The molecule has 1 N–H and O–H groups in total. The van der Waals surface area contributed by atoms with Gasteiger partial charge in [0.2, 0.25) is 0 Å². The van der Waals surface area contributed by atoms with Crippen LogP contribution in [-0.4, -0.2) is 23.9 Å². The number of hydrogen-bond acceptors (Lipinski definition) is 3. The molecular weight excluding hydrogens is 248 g/mol. The molecule has 1 unspecified atom stereocenters. The molecule has 3 heteroatoms. The quantitative estimate of drug-likeness (QED) is 0.866. The number of pyridine rings is 1. The Morgan fingerprint density at radius 3 is 3.05 bits per heavy atom. The topological polar surface area (TPSA) is 42.0 Å². The van der Waals surface area contributed by atoms with Crippen LogP contribution in [0.5, 0.6) is 0 Å². The average Bonchev–Trinajstić information content (AvgIpc) is 2.97. The van der Waals surface area contributed by atoms with Crippen LogP contribution in [0, 0.1) is 12.8 Å². The zero-order valence-electron chi connectivity index (χ0n) is 11.9. The fourth-order valence-corrected chi connectivity index (χ4v) is 2.84. The molecule has 1 aliphatic heterocycles. The summed E-state index contributed by atoms with van der Waals surface area (Å²) in [6.45, 7) is 4.14. The van der Waals surface area contributed by atoms with Gasteiger partial charge in [0.25, 0.3) is 0 Å². The lowest BCUT2D eigenvalue weighted by molar-refractivity contribution is 0.0975. The first kappa shape index (κ1) is 13.3. The highest BCUT2D eigenvalue weighted by atomic mass is 16.1. The summed E-state index contributed by atoms with van der Waals surface area (Å²) in [4.78, 5) is 16.7. The average molecular weight is 268 g/mol. The van der Waals surface area contributed by atoms with Gasteiger partial charge < -0.3 is 5.32 Å². The lowest BCUT2D eigenvalue weighted by atomic mass is 9.97. The van der Waals surface area contributed by atoms with E-state index >= 15 is 0 Å². The van der Waals surface area contributed by atoms with Crippen molar-refractivity contribution in [1.82, 2.24) is 10.3 Å². The second-order valence-electron chi connectivity index (χ2n) is 5.68. The molecule has 1 atom stereocenters. The summed E-state index contributed by atoms with van der Waals surface area (Å²) in [6.07, 6.45) is 2.85. The van der Waals surface area contributed by atoms with Crippen LogP contribution in [-0.2, 0) is 0 Å². The third kappa shape index (κ3) is 2.88. The van der Waals surface area contributed by atoms with Crippen LogP contribution in [0.15, 0.2) is 30.3 Å². The highest BCUT2D eigenvalue weighted by Gasteiger charge is 2.16. The number of ketones is 1. The minimum absolute atomic E-state index is 0.249. The molecule has 2 heterocycles. The Balaban J connectivity index is 1.72. The van der Waals surface area contributed by atoms with Crippen molar-refractivity contribution in [2.45, 2.75) is 26.2 Å². The van der Waals surface area contributed by atoms with Crippen molar-refractivity contribution in [2.24, 2.45) is 5.92 Å². The number of aryl methyl sites for hydroxylation is 1. The number of nitrogens with one attached hydrogen (secondary N) is 1. The molecule has 1 saturated heterocycles. The lowest BCUT2D eigenvalue weighted by Crippen LogP contribution is -2.10. The van der Waals surface area contributed by atoms with E-state index in [-0.39, 0.29) is 5.78 Å². The van der Waals surface area contributed by atoms with Crippen molar-refractivity contribution >= 4 is 16.7 Å². The molecule has 20 heavy (non-hydrogen) atoms. The fraction of sp³-hybridized carbons (Fsp3) is 0.412. The highest BCUT2D eigenvalue weighted by Crippen LogP contribution is 2.19. The normalized spacial score (nSPS) is 18.6. The Labute approximate surface area is 119 Å². The first-order valence-corrected chi connectivity index (χ1v) is 7.34. The minimum atomic E-state index is 0.249. The fourth-order valence-electron chi connectivity index (χ4n) is 2.84. The number of benzene rings is 1. The molecule has 1 aromatic heterocycles. The van der Waals surface area contributed by atoms with Crippen molar-refractivity contribution in [3.63, 3.8) is 0 Å². The van der Waals surface area contributed by atoms with E-state index in [1.807, 2.05) is 37.3 Å². The van der Waals surface area contributed by atoms with Gasteiger partial charge in [0.1, 0.15) is 0 Å². The van der Waals surface area contributed by atoms with Crippen molar-refractivity contribution in [1.29, 1.82) is 0 Å². The van der Waals surface area contributed by atoms with Gasteiger partial charge in [-0.15, -0.1) is 0 Å². The Kier molecular flexibility index (Phi) is 3.79. The summed E-state index contributed by atoms with van der Waals surface area (Å²) in [5.41, 5.74) is 2.78. The van der Waals surface area contributed by atoms with Crippen LogP contribution in [0.3, 0.4) is 0 Å². The number of hydrogen-bond donors (Lipinski definition) is 1. The molecule has 104 valence electrons. The zero-order chi connectivity index (χ0) is 13.9. The summed E-state index contributed by atoms with van der Waals surface area (Å²) in [6, 6.07) is 9.85. The van der Waals surface area contributed by atoms with Crippen LogP contribution in [0.4, 0.5) is 0 Å². The molecule has 0 amide bonds. The number of Topliss-reactive ketones (excluding diaryl/α,β-unsaturated/α-hetero) is 1. The second-order valence-corrected chi connectivity index (χ2v) is 5.68. The summed E-state index contributed by atoms with van der Waals surface area (Å²) in [7, 11) is 0. The lowest BCUT2D eigenvalue weighted by Gasteiger charge is -2.07. The van der Waals surface area contributed by atoms with E-state index in [1.165, 1.54) is 6.42 Å². The van der Waals surface area contributed by atoms with E-state index in [0.717, 1.165) is 41.7 Å². The maximum absolute atomic E-state index is 12.3. The molecule has 3 rings (SSSR count). The van der Waals surface area contributed by atoms with E-state index < -0.39 is 0 Å². The molecule has 1 aliphatic rings. The third-order valence-electron chi connectivity index (χ3n) is 4.09. The van der Waals surface area contributed by atoms with E-state index in [1.54, 1.807) is 0 Å². The van der Waals surface area contributed by atoms with Gasteiger partial charge in [0, 0.05) is 23.1 Å². The Hall–Kier alpha value is -1.74. The van der Waals surface area contributed by atoms with Gasteiger partial charge in [-0.3, -0.25) is 9.78 Å². The van der Waals surface area contributed by atoms with Gasteiger partial charge in [-0.2, -0.15) is 0 Å². The van der Waals surface area contributed by atoms with Crippen molar-refractivity contribution in [3.05, 3.63) is 41.6 Å². The van der Waals surface area contributed by atoms with Crippen molar-refractivity contribution < 1.29 is 4.79 Å². The molecule has 3 nitrogen and oxygen atoms in total. The van der Waals surface area contributed by atoms with E-state index in [4.69, 9.17) is 0 Å². The summed E-state index contributed by atoms with van der Waals surface area (Å²) >= 11 is 0. The van der Waals surface area contributed by atoms with E-state index in [0.29, 0.717) is 12.3 Å². The van der Waals surface area contributed by atoms with Crippen LogP contribution in [0.2, 0.25) is 0 Å². The summed E-state index contributed by atoms with van der Waals surface area (Å²) < 4.78 is 0. The number of carbonyl (C=O) groups is 1. The number of nitrogens with zero attached hydrogens (tertiary/aromatic N) is 1. The van der Waals surface area contributed by atoms with Crippen LogP contribution in [0.1, 0.15) is 35.3 Å². The van der Waals surface area contributed by atoms with Crippen LogP contribution < -0.4 is 5.32 Å². The Bertz CT molecular complexity index is 630. The summed E-state index contributed by atoms with van der Waals surface area (Å²) in [5.74, 6) is 0.920. The summed E-state index contributed by atoms with van der Waals surface area (Å²) in [5, 5.41) is 4.39. The molecule has 1 aromatic carbocycles. The van der Waals surface area contributed by atoms with Gasteiger partial charge in [-0.25, -0.2) is 0 Å². The molecule has 0 bridgehead atoms. The van der Waals surface area contributed by atoms with Gasteiger partial charge >= 0.3 is 0 Å². The minimum Gasteiger partial charge on any atom is -0.316 e. The second kappa shape index (κ2) is 5.71. The van der Waals surface area contributed by atoms with E-state index in [9.17, 15) is 4.79 Å². The molecule has 1 fully saturated rings. The standard InChI is InChI=1S/C17H20N2O/c1-12-2-4-14-10-15(5-6-16(14)19-12)17(20)7-3-13-8-9-18-11-13/h2,4-6,10,13,18H,3,7-9,11H2,1H3. The largest absolute Gasteiger partial charge is 0.316 e. The SMILES string of the molecule is Cc1ccc2cc(C(=O)CCC3CCNC3)ccc2n1. The molecule has 2 aromatic rings. The number of rotatable bonds is 4. The number of fused-ring (bicyclic) bond motifs is 1. The van der Waals surface area contributed by atoms with Gasteiger partial charge in [0.05, 0.1) is 5.52 Å². The van der Waals surface area contributed by atoms with Crippen molar-refractivity contribution in [3.8, 4) is 0 Å². The number of carbonyl (C=O) groups excluding carboxylic acids is 1. The van der Waals surface area contributed by atoms with Crippen LogP contribution in [0.25, 0.3) is 10.9 Å². The van der Waals surface area contributed by atoms with Crippen molar-refractivity contribution in [2.75, 3.05) is 13.1 Å². The predicted octanol–water partition coefficient (Wildman–Crippen LogP) is 3.12. The first-order valence-electron chi connectivity index (χ1n) is 7.34. The number of aromatic nitrogens is 1.